The molecular formula is C8H20K2N2O8S4. The second kappa shape index (κ2) is 22.9. The van der Waals surface area contributed by atoms with Gasteiger partial charge in [-0.25, -0.2) is 8.42 Å². The molecule has 6 atom stereocenters. The summed E-state index contributed by atoms with van der Waals surface area (Å²) in [5, 5.41) is -1.68. The number of hydrogen-bond acceptors (Lipinski definition) is 10. The molecule has 0 amide bonds. The molecule has 0 aliphatic carbocycles. The van der Waals surface area contributed by atoms with Crippen molar-refractivity contribution in [3.05, 3.63) is 0 Å². The van der Waals surface area contributed by atoms with Crippen LogP contribution in [0.2, 0.25) is 0 Å². The van der Waals surface area contributed by atoms with Crippen molar-refractivity contribution in [1.29, 1.82) is 0 Å². The molecule has 6 unspecified atom stereocenters. The molecule has 0 bridgehead atoms. The maximum Gasteiger partial charge on any atom is 1.00 e. The Balaban J connectivity index is -0.000000154. The van der Waals surface area contributed by atoms with Crippen molar-refractivity contribution in [2.45, 2.75) is 38.4 Å². The first kappa shape index (κ1) is 35.1. The van der Waals surface area contributed by atoms with Gasteiger partial charge in [-0.2, -0.15) is 19.5 Å². The molecule has 10 nitrogen and oxygen atoms in total. The van der Waals surface area contributed by atoms with Gasteiger partial charge in [0.2, 0.25) is 0 Å². The summed E-state index contributed by atoms with van der Waals surface area (Å²) in [6.45, 7) is 6.10. The number of hydrogen-bond donors (Lipinski definition) is 2. The van der Waals surface area contributed by atoms with Crippen LogP contribution in [-0.4, -0.2) is 48.2 Å². The van der Waals surface area contributed by atoms with Crippen molar-refractivity contribution in [1.82, 2.24) is 11.0 Å². The third kappa shape index (κ3) is 23.7. The summed E-state index contributed by atoms with van der Waals surface area (Å²) in [4.78, 5) is 0. The normalized spacial score (nSPS) is 17.6. The first-order chi connectivity index (χ1) is 10.1. The van der Waals surface area contributed by atoms with Gasteiger partial charge in [-0.15, -0.1) is 0 Å². The monoisotopic (exact) mass is 478 g/mol. The molecule has 0 heterocycles. The standard InChI is InChI=1S/2C4H11NO4S2.2K/c2*1-3-10(6)9-5-4(2)11(7)8;;/h2*4-5H,3H2,1-2H3,(H,7,8);;/q;;2*+1/p-2. The zero-order chi connectivity index (χ0) is 17.7. The molecule has 0 aromatic carbocycles. The third-order valence-electron chi connectivity index (χ3n) is 1.66. The summed E-state index contributed by atoms with van der Waals surface area (Å²) in [5.41, 5.74) is 4.24. The number of rotatable bonds is 10. The Morgan fingerprint density at radius 3 is 1.21 bits per heavy atom. The fourth-order valence-electron chi connectivity index (χ4n) is 0.439. The van der Waals surface area contributed by atoms with Crippen LogP contribution in [0.5, 0.6) is 0 Å². The summed E-state index contributed by atoms with van der Waals surface area (Å²) < 4.78 is 70.6. The Kier molecular flexibility index (Phi) is 33.5. The van der Waals surface area contributed by atoms with E-state index in [0.717, 1.165) is 0 Å². The molecule has 136 valence electrons. The Morgan fingerprint density at radius 1 is 0.792 bits per heavy atom. The van der Waals surface area contributed by atoms with Gasteiger partial charge in [0.1, 0.15) is 0 Å². The van der Waals surface area contributed by atoms with E-state index in [1.807, 2.05) is 0 Å². The minimum atomic E-state index is -2.25. The van der Waals surface area contributed by atoms with Crippen LogP contribution in [0.1, 0.15) is 27.7 Å². The van der Waals surface area contributed by atoms with E-state index in [1.165, 1.54) is 13.8 Å². The van der Waals surface area contributed by atoms with Crippen LogP contribution in [0.15, 0.2) is 0 Å². The van der Waals surface area contributed by atoms with Gasteiger partial charge in [0.05, 0.1) is 10.7 Å². The summed E-state index contributed by atoms with van der Waals surface area (Å²) >= 11 is -7.40. The average Bonchev–Trinajstić information content (AvgIpc) is 2.49. The predicted molar refractivity (Wildman–Crippen MR) is 82.6 cm³/mol. The van der Waals surface area contributed by atoms with E-state index in [2.05, 4.69) is 19.5 Å². The van der Waals surface area contributed by atoms with Crippen LogP contribution in [0.3, 0.4) is 0 Å². The van der Waals surface area contributed by atoms with E-state index in [0.29, 0.717) is 11.5 Å². The first-order valence-electron chi connectivity index (χ1n) is 5.94. The molecule has 0 rings (SSSR count). The van der Waals surface area contributed by atoms with E-state index in [9.17, 15) is 25.9 Å². The molecule has 0 aliphatic rings. The second-order valence-electron chi connectivity index (χ2n) is 3.39. The minimum absolute atomic E-state index is 0. The molecule has 0 saturated carbocycles. The molecule has 0 aliphatic heterocycles. The molecule has 0 fully saturated rings. The van der Waals surface area contributed by atoms with E-state index in [4.69, 9.17) is 0 Å². The number of nitrogens with one attached hydrogen (secondary N) is 2. The van der Waals surface area contributed by atoms with Crippen molar-refractivity contribution in [2.75, 3.05) is 11.5 Å². The maximum atomic E-state index is 10.6. The Bertz CT molecular complexity index is 370. The topological polar surface area (TPSA) is 157 Å². The largest absolute Gasteiger partial charge is 1.00 e. The summed E-state index contributed by atoms with van der Waals surface area (Å²) in [6.07, 6.45) is 0. The quantitative estimate of drug-likeness (QED) is 0.176. The molecule has 16 heteroatoms. The molecule has 2 N–H and O–H groups in total. The van der Waals surface area contributed by atoms with Gasteiger partial charge in [-0.05, 0) is 36.0 Å². The zero-order valence-electron chi connectivity index (χ0n) is 14.5. The van der Waals surface area contributed by atoms with Crippen LogP contribution in [0, 0.1) is 0 Å². The molecule has 0 aromatic rings. The van der Waals surface area contributed by atoms with Crippen LogP contribution in [0.25, 0.3) is 0 Å². The van der Waals surface area contributed by atoms with Gasteiger partial charge in [0, 0.05) is 11.5 Å². The van der Waals surface area contributed by atoms with Crippen LogP contribution >= 0.6 is 0 Å². The summed E-state index contributed by atoms with van der Waals surface area (Å²) in [7, 11) is 0. The fourth-order valence-corrected chi connectivity index (χ4v) is 1.55. The Morgan fingerprint density at radius 2 is 1.04 bits per heavy atom. The zero-order valence-corrected chi connectivity index (χ0v) is 24.0. The van der Waals surface area contributed by atoms with E-state index < -0.39 is 55.1 Å². The molecule has 0 saturated heterocycles. The fraction of sp³-hybridized carbons (Fsp3) is 1.00. The third-order valence-corrected chi connectivity index (χ3v) is 4.52. The summed E-state index contributed by atoms with van der Waals surface area (Å²) in [6, 6.07) is 0. The smallest absolute Gasteiger partial charge is 0.771 e. The SMILES string of the molecule is CCS(=O)ONC(C)S(=O)[O-].CCS(=O)ONC(C)S(=O)[O-].[K+].[K+]. The molecule has 0 spiro atoms. The maximum absolute atomic E-state index is 10.6. The van der Waals surface area contributed by atoms with E-state index in [-0.39, 0.29) is 103 Å². The molecule has 0 aromatic heterocycles. The summed E-state index contributed by atoms with van der Waals surface area (Å²) in [5.74, 6) is 0.649. The van der Waals surface area contributed by atoms with Crippen molar-refractivity contribution in [3.63, 3.8) is 0 Å². The number of hydroxylamine groups is 2. The van der Waals surface area contributed by atoms with Crippen LogP contribution in [0.4, 0.5) is 0 Å². The Hall–Kier alpha value is 3.63. The molecule has 0 radical (unpaired) electrons. The van der Waals surface area contributed by atoms with Gasteiger partial charge >= 0.3 is 103 Å². The van der Waals surface area contributed by atoms with Gasteiger partial charge in [0.25, 0.3) is 0 Å². The van der Waals surface area contributed by atoms with Crippen LogP contribution < -0.4 is 114 Å². The van der Waals surface area contributed by atoms with Crippen molar-refractivity contribution in [3.8, 4) is 0 Å². The minimum Gasteiger partial charge on any atom is -0.771 e. The van der Waals surface area contributed by atoms with Crippen molar-refractivity contribution < 1.29 is 137 Å². The first-order valence-corrected chi connectivity index (χ1v) is 10.7. The Labute approximate surface area is 237 Å². The van der Waals surface area contributed by atoms with Crippen molar-refractivity contribution in [2.24, 2.45) is 0 Å². The van der Waals surface area contributed by atoms with E-state index >= 15 is 0 Å². The van der Waals surface area contributed by atoms with Gasteiger partial charge in [-0.3, -0.25) is 8.42 Å². The van der Waals surface area contributed by atoms with Crippen molar-refractivity contribution >= 4 is 44.3 Å². The van der Waals surface area contributed by atoms with Gasteiger partial charge in [0.15, 0.2) is 22.2 Å². The molecule has 24 heavy (non-hydrogen) atoms. The van der Waals surface area contributed by atoms with Crippen LogP contribution in [-0.2, 0) is 52.9 Å². The predicted octanol–water partition coefficient (Wildman–Crippen LogP) is -7.16. The van der Waals surface area contributed by atoms with Gasteiger partial charge in [-0.1, -0.05) is 13.8 Å². The molecular weight excluding hydrogens is 459 g/mol. The average molecular weight is 479 g/mol. The van der Waals surface area contributed by atoms with E-state index in [1.54, 1.807) is 13.8 Å². The second-order valence-corrected chi connectivity index (χ2v) is 8.55. The van der Waals surface area contributed by atoms with Gasteiger partial charge < -0.3 is 9.11 Å².